The maximum absolute atomic E-state index is 13.0. The van der Waals surface area contributed by atoms with E-state index in [2.05, 4.69) is 14.9 Å². The van der Waals surface area contributed by atoms with E-state index in [0.29, 0.717) is 5.56 Å². The Balaban J connectivity index is 1.49. The molecule has 0 saturated carbocycles. The molecule has 1 aromatic heterocycles. The van der Waals surface area contributed by atoms with Crippen molar-refractivity contribution in [3.8, 4) is 17.1 Å². The Morgan fingerprint density at radius 2 is 1.75 bits per heavy atom. The van der Waals surface area contributed by atoms with Gasteiger partial charge in [-0.2, -0.15) is 18.2 Å². The van der Waals surface area contributed by atoms with Crippen LogP contribution >= 0.6 is 0 Å². The fourth-order valence-electron chi connectivity index (χ4n) is 3.30. The minimum absolute atomic E-state index is 0.0418. The number of hydrogen-bond donors (Lipinski definition) is 0. The molecule has 2 aromatic carbocycles. The molecule has 2 heterocycles. The number of aromatic nitrogens is 2. The highest BCUT2D eigenvalue weighted by atomic mass is 19.4. The van der Waals surface area contributed by atoms with Crippen LogP contribution in [0.15, 0.2) is 53.1 Å². The number of nitrogens with zero attached hydrogens (tertiary/aromatic N) is 3. The predicted octanol–water partition coefficient (Wildman–Crippen LogP) is 5.17. The molecule has 0 bridgehead atoms. The number of ether oxygens (including phenoxy) is 1. The highest BCUT2D eigenvalue weighted by Gasteiger charge is 2.37. The lowest BCUT2D eigenvalue weighted by Gasteiger charge is -2.17. The summed E-state index contributed by atoms with van der Waals surface area (Å²) >= 11 is 0. The number of benzene rings is 2. The summed E-state index contributed by atoms with van der Waals surface area (Å²) < 4.78 is 84.7. The van der Waals surface area contributed by atoms with Crippen molar-refractivity contribution in [2.45, 2.75) is 24.9 Å². The van der Waals surface area contributed by atoms with Crippen LogP contribution < -0.4 is 9.64 Å². The zero-order chi connectivity index (χ0) is 23.1. The summed E-state index contributed by atoms with van der Waals surface area (Å²) in [6, 6.07) is 9.23. The Labute approximate surface area is 176 Å². The summed E-state index contributed by atoms with van der Waals surface area (Å²) in [7, 11) is 0. The van der Waals surface area contributed by atoms with Crippen molar-refractivity contribution in [2.24, 2.45) is 0 Å². The molecular formula is C20H13F6N3O3. The molecule has 0 aliphatic carbocycles. The van der Waals surface area contributed by atoms with Crippen molar-refractivity contribution in [3.63, 3.8) is 0 Å². The van der Waals surface area contributed by atoms with Crippen LogP contribution in [0.5, 0.6) is 5.75 Å². The van der Waals surface area contributed by atoms with E-state index in [1.165, 1.54) is 29.2 Å². The third-order valence-corrected chi connectivity index (χ3v) is 4.75. The van der Waals surface area contributed by atoms with Crippen LogP contribution in [0.4, 0.5) is 32.0 Å². The normalized spacial score (nSPS) is 17.1. The zero-order valence-corrected chi connectivity index (χ0v) is 15.9. The quantitative estimate of drug-likeness (QED) is 0.506. The average Bonchev–Trinajstić information content (AvgIpc) is 3.34. The molecule has 0 radical (unpaired) electrons. The van der Waals surface area contributed by atoms with E-state index < -0.39 is 35.7 Å². The van der Waals surface area contributed by atoms with Crippen molar-refractivity contribution >= 4 is 11.6 Å². The van der Waals surface area contributed by atoms with E-state index in [-0.39, 0.29) is 30.4 Å². The largest absolute Gasteiger partial charge is 0.573 e. The minimum Gasteiger partial charge on any atom is -0.406 e. The summed E-state index contributed by atoms with van der Waals surface area (Å²) in [5.74, 6) is -1.18. The maximum Gasteiger partial charge on any atom is 0.573 e. The van der Waals surface area contributed by atoms with Gasteiger partial charge in [-0.1, -0.05) is 11.2 Å². The van der Waals surface area contributed by atoms with E-state index in [1.807, 2.05) is 0 Å². The standard InChI is InChI=1S/C20H13F6N3O3/c21-19(22,23)13-2-1-3-14(9-13)29-10-12(8-16(29)30)18-27-17(28-32-18)11-4-6-15(7-5-11)31-20(24,25)26/h1-7,9,12H,8,10H2. The van der Waals surface area contributed by atoms with Crippen molar-refractivity contribution in [1.29, 1.82) is 0 Å². The molecule has 1 unspecified atom stereocenters. The Hall–Kier alpha value is -3.57. The predicted molar refractivity (Wildman–Crippen MR) is 97.6 cm³/mol. The fraction of sp³-hybridized carbons (Fsp3) is 0.250. The number of halogens is 6. The smallest absolute Gasteiger partial charge is 0.406 e. The van der Waals surface area contributed by atoms with Crippen molar-refractivity contribution in [3.05, 3.63) is 60.0 Å². The average molecular weight is 457 g/mol. The summed E-state index contributed by atoms with van der Waals surface area (Å²) in [4.78, 5) is 17.8. The third-order valence-electron chi connectivity index (χ3n) is 4.75. The molecule has 1 atom stereocenters. The van der Waals surface area contributed by atoms with Crippen LogP contribution in [-0.2, 0) is 11.0 Å². The van der Waals surface area contributed by atoms with Gasteiger partial charge in [-0.15, -0.1) is 13.2 Å². The molecule has 0 N–H and O–H groups in total. The highest BCUT2D eigenvalue weighted by molar-refractivity contribution is 5.96. The van der Waals surface area contributed by atoms with Crippen molar-refractivity contribution in [2.75, 3.05) is 11.4 Å². The van der Waals surface area contributed by atoms with Gasteiger partial charge in [0.15, 0.2) is 0 Å². The monoisotopic (exact) mass is 457 g/mol. The van der Waals surface area contributed by atoms with Crippen LogP contribution in [0.2, 0.25) is 0 Å². The number of anilines is 1. The lowest BCUT2D eigenvalue weighted by Crippen LogP contribution is -2.24. The first-order valence-electron chi connectivity index (χ1n) is 9.17. The van der Waals surface area contributed by atoms with Gasteiger partial charge < -0.3 is 14.2 Å². The van der Waals surface area contributed by atoms with Crippen LogP contribution in [0.3, 0.4) is 0 Å². The first kappa shape index (κ1) is 21.7. The Bertz CT molecular complexity index is 1120. The SMILES string of the molecule is O=C1CC(c2nc(-c3ccc(OC(F)(F)F)cc3)no2)CN1c1cccc(C(F)(F)F)c1. The number of alkyl halides is 6. The maximum atomic E-state index is 13.0. The van der Waals surface area contributed by atoms with Gasteiger partial charge in [-0.3, -0.25) is 4.79 Å². The number of rotatable bonds is 4. The minimum atomic E-state index is -4.82. The Kier molecular flexibility index (Phi) is 5.31. The molecule has 1 saturated heterocycles. The zero-order valence-electron chi connectivity index (χ0n) is 15.9. The van der Waals surface area contributed by atoms with Gasteiger partial charge in [0, 0.05) is 24.2 Å². The van der Waals surface area contributed by atoms with Gasteiger partial charge in [-0.25, -0.2) is 0 Å². The summed E-state index contributed by atoms with van der Waals surface area (Å²) in [5, 5.41) is 3.78. The van der Waals surface area contributed by atoms with Crippen molar-refractivity contribution in [1.82, 2.24) is 10.1 Å². The molecule has 0 spiro atoms. The molecule has 1 amide bonds. The van der Waals surface area contributed by atoms with Gasteiger partial charge in [0.2, 0.25) is 17.6 Å². The first-order chi connectivity index (χ1) is 15.0. The molecule has 1 fully saturated rings. The van der Waals surface area contributed by atoms with Gasteiger partial charge in [-0.05, 0) is 42.5 Å². The fourth-order valence-corrected chi connectivity index (χ4v) is 3.30. The van der Waals surface area contributed by atoms with E-state index in [1.54, 1.807) is 0 Å². The van der Waals surface area contributed by atoms with Crippen LogP contribution in [0.1, 0.15) is 23.8 Å². The second-order valence-corrected chi connectivity index (χ2v) is 6.98. The summed E-state index contributed by atoms with van der Waals surface area (Å²) in [6.07, 6.45) is -9.40. The number of carbonyl (C=O) groups excluding carboxylic acids is 1. The van der Waals surface area contributed by atoms with Crippen molar-refractivity contribution < 1.29 is 40.4 Å². The van der Waals surface area contributed by atoms with Gasteiger partial charge in [0.1, 0.15) is 5.75 Å². The molecule has 1 aliphatic rings. The Morgan fingerprint density at radius 3 is 2.41 bits per heavy atom. The number of carbonyl (C=O) groups is 1. The summed E-state index contributed by atoms with van der Waals surface area (Å²) in [5.41, 5.74) is -0.412. The number of amides is 1. The van der Waals surface area contributed by atoms with Crippen LogP contribution in [-0.4, -0.2) is 29.0 Å². The topological polar surface area (TPSA) is 68.5 Å². The molecular weight excluding hydrogens is 444 g/mol. The van der Waals surface area contributed by atoms with E-state index in [0.717, 1.165) is 24.3 Å². The van der Waals surface area contributed by atoms with E-state index in [4.69, 9.17) is 4.52 Å². The Morgan fingerprint density at radius 1 is 1.03 bits per heavy atom. The second kappa shape index (κ2) is 7.84. The third kappa shape index (κ3) is 4.68. The van der Waals surface area contributed by atoms with Gasteiger partial charge in [0.05, 0.1) is 11.5 Å². The lowest BCUT2D eigenvalue weighted by molar-refractivity contribution is -0.274. The molecule has 3 aromatic rings. The summed E-state index contributed by atoms with van der Waals surface area (Å²) in [6.45, 7) is 0.0418. The van der Waals surface area contributed by atoms with E-state index >= 15 is 0 Å². The molecule has 4 rings (SSSR count). The number of hydrogen-bond acceptors (Lipinski definition) is 5. The first-order valence-corrected chi connectivity index (χ1v) is 9.17. The highest BCUT2D eigenvalue weighted by Crippen LogP contribution is 2.36. The molecule has 32 heavy (non-hydrogen) atoms. The molecule has 12 heteroatoms. The van der Waals surface area contributed by atoms with Crippen LogP contribution in [0, 0.1) is 0 Å². The molecule has 6 nitrogen and oxygen atoms in total. The van der Waals surface area contributed by atoms with E-state index in [9.17, 15) is 31.1 Å². The molecule has 1 aliphatic heterocycles. The van der Waals surface area contributed by atoms with Gasteiger partial charge >= 0.3 is 12.5 Å². The second-order valence-electron chi connectivity index (χ2n) is 6.98. The van der Waals surface area contributed by atoms with Gasteiger partial charge in [0.25, 0.3) is 0 Å². The molecule has 168 valence electrons. The van der Waals surface area contributed by atoms with Crippen LogP contribution in [0.25, 0.3) is 11.4 Å². The lowest BCUT2D eigenvalue weighted by atomic mass is 10.1.